The van der Waals surface area contributed by atoms with Crippen LogP contribution in [0.1, 0.15) is 11.1 Å². The molecule has 2 aromatic carbocycles. The molecule has 0 spiro atoms. The van der Waals surface area contributed by atoms with E-state index in [9.17, 15) is 5.26 Å². The first-order valence-electron chi connectivity index (χ1n) is 6.27. The highest BCUT2D eigenvalue weighted by Gasteiger charge is 2.06. The van der Waals surface area contributed by atoms with Gasteiger partial charge in [0.25, 0.3) is 0 Å². The third-order valence-electron chi connectivity index (χ3n) is 3.01. The van der Waals surface area contributed by atoms with Crippen LogP contribution in [0.2, 0.25) is 0 Å². The summed E-state index contributed by atoms with van der Waals surface area (Å²) in [4.78, 5) is 0. The number of halogens is 1. The molecule has 0 unspecified atom stereocenters. The Kier molecular flexibility index (Phi) is 5.02. The number of rotatable bonds is 4. The molecule has 0 aliphatic rings. The molecule has 0 radical (unpaired) electrons. The number of allylic oxidation sites excluding steroid dienone is 1. The summed E-state index contributed by atoms with van der Waals surface area (Å²) in [6.07, 6.45) is 1.81. The summed E-state index contributed by atoms with van der Waals surface area (Å²) in [7, 11) is 3.22. The minimum absolute atomic E-state index is 0.564. The summed E-state index contributed by atoms with van der Waals surface area (Å²) in [6, 6.07) is 15.3. The standard InChI is InChI=1S/C17H14BrNO2/c1-20-16-6-3-12(4-7-16)14(11-19)9-13-10-15(18)5-8-17(13)21-2/h3-10H,1-2H3/b14-9+. The number of hydrogen-bond donors (Lipinski definition) is 0. The van der Waals surface area contributed by atoms with E-state index in [0.717, 1.165) is 27.1 Å². The molecule has 106 valence electrons. The van der Waals surface area contributed by atoms with E-state index in [1.54, 1.807) is 14.2 Å². The van der Waals surface area contributed by atoms with Crippen LogP contribution >= 0.6 is 15.9 Å². The van der Waals surface area contributed by atoms with Crippen LogP contribution in [0.4, 0.5) is 0 Å². The smallest absolute Gasteiger partial charge is 0.126 e. The highest BCUT2D eigenvalue weighted by molar-refractivity contribution is 9.10. The number of ether oxygens (including phenoxy) is 2. The van der Waals surface area contributed by atoms with Gasteiger partial charge in [0.05, 0.1) is 25.9 Å². The van der Waals surface area contributed by atoms with Gasteiger partial charge in [0.2, 0.25) is 0 Å². The number of hydrogen-bond acceptors (Lipinski definition) is 3. The molecular formula is C17H14BrNO2. The zero-order chi connectivity index (χ0) is 15.2. The molecule has 0 fully saturated rings. The van der Waals surface area contributed by atoms with Gasteiger partial charge in [-0.2, -0.15) is 5.26 Å². The van der Waals surface area contributed by atoms with Gasteiger partial charge in [0.1, 0.15) is 11.5 Å². The monoisotopic (exact) mass is 343 g/mol. The molecule has 0 aliphatic heterocycles. The van der Waals surface area contributed by atoms with Crippen LogP contribution in [0.15, 0.2) is 46.9 Å². The Morgan fingerprint density at radius 1 is 1.10 bits per heavy atom. The van der Waals surface area contributed by atoms with Crippen molar-refractivity contribution in [2.45, 2.75) is 0 Å². The van der Waals surface area contributed by atoms with E-state index in [0.29, 0.717) is 5.57 Å². The summed E-state index contributed by atoms with van der Waals surface area (Å²) in [6.45, 7) is 0. The van der Waals surface area contributed by atoms with Gasteiger partial charge in [-0.15, -0.1) is 0 Å². The van der Waals surface area contributed by atoms with Crippen molar-refractivity contribution in [3.05, 3.63) is 58.1 Å². The Labute approximate surface area is 132 Å². The molecule has 0 bridgehead atoms. The molecule has 21 heavy (non-hydrogen) atoms. The van der Waals surface area contributed by atoms with Crippen LogP contribution in [0.3, 0.4) is 0 Å². The van der Waals surface area contributed by atoms with E-state index in [1.807, 2.05) is 48.5 Å². The van der Waals surface area contributed by atoms with Gasteiger partial charge in [0.15, 0.2) is 0 Å². The molecule has 0 N–H and O–H groups in total. The van der Waals surface area contributed by atoms with Crippen LogP contribution in [0.5, 0.6) is 11.5 Å². The van der Waals surface area contributed by atoms with E-state index in [4.69, 9.17) is 9.47 Å². The average Bonchev–Trinajstić information content (AvgIpc) is 2.53. The van der Waals surface area contributed by atoms with Gasteiger partial charge in [-0.05, 0) is 54.1 Å². The number of nitriles is 1. The van der Waals surface area contributed by atoms with E-state index in [2.05, 4.69) is 22.0 Å². The van der Waals surface area contributed by atoms with Crippen molar-refractivity contribution < 1.29 is 9.47 Å². The van der Waals surface area contributed by atoms with E-state index >= 15 is 0 Å². The maximum Gasteiger partial charge on any atom is 0.126 e. The van der Waals surface area contributed by atoms with E-state index < -0.39 is 0 Å². The third-order valence-corrected chi connectivity index (χ3v) is 3.51. The van der Waals surface area contributed by atoms with Crippen molar-refractivity contribution >= 4 is 27.6 Å². The molecule has 0 aliphatic carbocycles. The first-order chi connectivity index (χ1) is 10.2. The maximum atomic E-state index is 9.40. The molecule has 0 aromatic heterocycles. The van der Waals surface area contributed by atoms with Gasteiger partial charge in [-0.25, -0.2) is 0 Å². The van der Waals surface area contributed by atoms with Crippen LogP contribution in [0.25, 0.3) is 11.6 Å². The van der Waals surface area contributed by atoms with Crippen molar-refractivity contribution in [1.29, 1.82) is 5.26 Å². The quantitative estimate of drug-likeness (QED) is 0.604. The summed E-state index contributed by atoms with van der Waals surface area (Å²) in [5.74, 6) is 1.48. The zero-order valence-electron chi connectivity index (χ0n) is 11.8. The second kappa shape index (κ2) is 6.96. The lowest BCUT2D eigenvalue weighted by molar-refractivity contribution is 0.414. The lowest BCUT2D eigenvalue weighted by atomic mass is 10.0. The predicted molar refractivity (Wildman–Crippen MR) is 87.2 cm³/mol. The summed E-state index contributed by atoms with van der Waals surface area (Å²) >= 11 is 3.43. The van der Waals surface area contributed by atoms with Crippen molar-refractivity contribution in [2.24, 2.45) is 0 Å². The molecule has 0 saturated carbocycles. The number of methoxy groups -OCH3 is 2. The highest BCUT2D eigenvalue weighted by atomic mass is 79.9. The second-order valence-corrected chi connectivity index (χ2v) is 5.20. The fourth-order valence-corrected chi connectivity index (χ4v) is 2.30. The molecule has 0 heterocycles. The lowest BCUT2D eigenvalue weighted by Crippen LogP contribution is -1.89. The first-order valence-corrected chi connectivity index (χ1v) is 7.07. The number of nitrogens with zero attached hydrogens (tertiary/aromatic N) is 1. The minimum atomic E-state index is 0.564. The van der Waals surface area contributed by atoms with Crippen LogP contribution in [0, 0.1) is 11.3 Å². The molecule has 0 saturated heterocycles. The summed E-state index contributed by atoms with van der Waals surface area (Å²) < 4.78 is 11.4. The Bertz CT molecular complexity index is 700. The summed E-state index contributed by atoms with van der Waals surface area (Å²) in [5.41, 5.74) is 2.24. The van der Waals surface area contributed by atoms with E-state index in [1.165, 1.54) is 0 Å². The predicted octanol–water partition coefficient (Wildman–Crippen LogP) is 4.53. The topological polar surface area (TPSA) is 42.2 Å². The normalized spacial score (nSPS) is 10.9. The van der Waals surface area contributed by atoms with Gasteiger partial charge < -0.3 is 9.47 Å². The van der Waals surface area contributed by atoms with Gasteiger partial charge in [0, 0.05) is 10.0 Å². The Morgan fingerprint density at radius 3 is 2.38 bits per heavy atom. The fraction of sp³-hybridized carbons (Fsp3) is 0.118. The summed E-state index contributed by atoms with van der Waals surface area (Å²) in [5, 5.41) is 9.40. The zero-order valence-corrected chi connectivity index (χ0v) is 13.3. The van der Waals surface area contributed by atoms with Crippen LogP contribution < -0.4 is 9.47 Å². The van der Waals surface area contributed by atoms with Crippen molar-refractivity contribution in [3.8, 4) is 17.6 Å². The average molecular weight is 344 g/mol. The highest BCUT2D eigenvalue weighted by Crippen LogP contribution is 2.28. The number of benzene rings is 2. The van der Waals surface area contributed by atoms with Gasteiger partial charge in [-0.3, -0.25) is 0 Å². The van der Waals surface area contributed by atoms with Gasteiger partial charge in [-0.1, -0.05) is 15.9 Å². The molecule has 4 heteroatoms. The fourth-order valence-electron chi connectivity index (χ4n) is 1.92. The second-order valence-electron chi connectivity index (χ2n) is 4.28. The molecular weight excluding hydrogens is 330 g/mol. The van der Waals surface area contributed by atoms with Crippen molar-refractivity contribution in [2.75, 3.05) is 14.2 Å². The maximum absolute atomic E-state index is 9.40. The molecule has 0 atom stereocenters. The third kappa shape index (κ3) is 3.65. The molecule has 2 rings (SSSR count). The largest absolute Gasteiger partial charge is 0.497 e. The van der Waals surface area contributed by atoms with Gasteiger partial charge >= 0.3 is 0 Å². The minimum Gasteiger partial charge on any atom is -0.497 e. The molecule has 0 amide bonds. The lowest BCUT2D eigenvalue weighted by Gasteiger charge is -2.07. The van der Waals surface area contributed by atoms with Crippen LogP contribution in [-0.4, -0.2) is 14.2 Å². The SMILES string of the molecule is COc1ccc(/C(C#N)=C/c2cc(Br)ccc2OC)cc1. The Hall–Kier alpha value is -2.25. The Morgan fingerprint density at radius 2 is 1.81 bits per heavy atom. The molecule has 2 aromatic rings. The van der Waals surface area contributed by atoms with Crippen molar-refractivity contribution in [3.63, 3.8) is 0 Å². The first kappa shape index (κ1) is 15.1. The van der Waals surface area contributed by atoms with E-state index in [-0.39, 0.29) is 0 Å². The Balaban J connectivity index is 2.45. The van der Waals surface area contributed by atoms with Crippen molar-refractivity contribution in [1.82, 2.24) is 0 Å². The van der Waals surface area contributed by atoms with Crippen LogP contribution in [-0.2, 0) is 0 Å². The molecule has 3 nitrogen and oxygen atoms in total.